The predicted molar refractivity (Wildman–Crippen MR) is 111 cm³/mol. The number of nitrogens with one attached hydrogen (secondary N) is 1. The minimum atomic E-state index is -0.296. The summed E-state index contributed by atoms with van der Waals surface area (Å²) in [5.41, 5.74) is 3.18. The molecule has 1 atom stereocenters. The SMILES string of the molecule is C[NH+](Cc1ccc(N2CCOCC2)cc1)Cn1nc(-c2ccc(F)cc2)oc1=S. The van der Waals surface area contributed by atoms with Gasteiger partial charge in [0.15, 0.2) is 6.67 Å². The monoisotopic (exact) mass is 415 g/mol. The molecular weight excluding hydrogens is 391 g/mol. The molecule has 0 saturated carbocycles. The van der Waals surface area contributed by atoms with Crippen LogP contribution in [0.2, 0.25) is 0 Å². The molecule has 1 fully saturated rings. The zero-order valence-corrected chi connectivity index (χ0v) is 17.1. The largest absolute Gasteiger partial charge is 0.409 e. The molecule has 0 radical (unpaired) electrons. The Hall–Kier alpha value is -2.55. The highest BCUT2D eigenvalue weighted by Crippen LogP contribution is 2.18. The van der Waals surface area contributed by atoms with Gasteiger partial charge in [-0.25, -0.2) is 4.39 Å². The molecule has 1 aliphatic heterocycles. The van der Waals surface area contributed by atoms with Crippen LogP contribution in [-0.4, -0.2) is 43.1 Å². The number of ether oxygens (including phenoxy) is 1. The third-order valence-corrected chi connectivity index (χ3v) is 5.23. The molecule has 3 aromatic rings. The molecule has 0 aliphatic carbocycles. The molecule has 0 amide bonds. The van der Waals surface area contributed by atoms with Crippen LogP contribution < -0.4 is 9.80 Å². The van der Waals surface area contributed by atoms with Crippen molar-refractivity contribution in [1.29, 1.82) is 0 Å². The van der Waals surface area contributed by atoms with Gasteiger partial charge in [-0.05, 0) is 48.6 Å². The van der Waals surface area contributed by atoms with Crippen LogP contribution in [0.5, 0.6) is 0 Å². The van der Waals surface area contributed by atoms with Crippen LogP contribution in [0.25, 0.3) is 11.5 Å². The number of nitrogens with zero attached hydrogens (tertiary/aromatic N) is 3. The highest BCUT2D eigenvalue weighted by Gasteiger charge is 2.14. The Balaban J connectivity index is 1.39. The molecule has 2 aromatic carbocycles. The Kier molecular flexibility index (Phi) is 6.03. The Morgan fingerprint density at radius 1 is 1.07 bits per heavy atom. The molecule has 0 bridgehead atoms. The third kappa shape index (κ3) is 4.90. The first-order chi connectivity index (χ1) is 14.1. The van der Waals surface area contributed by atoms with Crippen molar-refractivity contribution >= 4 is 17.9 Å². The van der Waals surface area contributed by atoms with Crippen LogP contribution in [0, 0.1) is 10.7 Å². The Morgan fingerprint density at radius 3 is 2.45 bits per heavy atom. The van der Waals surface area contributed by atoms with E-state index in [0.717, 1.165) is 32.8 Å². The van der Waals surface area contributed by atoms with Crippen molar-refractivity contribution in [2.75, 3.05) is 38.3 Å². The molecule has 4 rings (SSSR count). The molecule has 1 unspecified atom stereocenters. The maximum Gasteiger partial charge on any atom is 0.292 e. The number of halogens is 1. The third-order valence-electron chi connectivity index (χ3n) is 4.94. The minimum Gasteiger partial charge on any atom is -0.409 e. The van der Waals surface area contributed by atoms with Gasteiger partial charge in [0.2, 0.25) is 5.89 Å². The van der Waals surface area contributed by atoms with Crippen molar-refractivity contribution in [3.8, 4) is 11.5 Å². The van der Waals surface area contributed by atoms with E-state index in [1.165, 1.54) is 28.3 Å². The average molecular weight is 416 g/mol. The van der Waals surface area contributed by atoms with Gasteiger partial charge in [0.1, 0.15) is 12.4 Å². The number of aromatic nitrogens is 2. The van der Waals surface area contributed by atoms with E-state index >= 15 is 0 Å². The van der Waals surface area contributed by atoms with Gasteiger partial charge in [-0.15, -0.1) is 5.10 Å². The Labute approximate surface area is 174 Å². The smallest absolute Gasteiger partial charge is 0.292 e. The van der Waals surface area contributed by atoms with E-state index in [9.17, 15) is 4.39 Å². The molecule has 29 heavy (non-hydrogen) atoms. The van der Waals surface area contributed by atoms with Crippen LogP contribution in [-0.2, 0) is 18.0 Å². The predicted octanol–water partition coefficient (Wildman–Crippen LogP) is 2.52. The number of anilines is 1. The number of rotatable bonds is 6. The summed E-state index contributed by atoms with van der Waals surface area (Å²) in [6, 6.07) is 14.7. The van der Waals surface area contributed by atoms with Gasteiger partial charge in [0.25, 0.3) is 4.84 Å². The highest BCUT2D eigenvalue weighted by molar-refractivity contribution is 7.71. The summed E-state index contributed by atoms with van der Waals surface area (Å²) in [7, 11) is 2.09. The van der Waals surface area contributed by atoms with E-state index < -0.39 is 0 Å². The summed E-state index contributed by atoms with van der Waals surface area (Å²) in [5, 5.41) is 4.45. The summed E-state index contributed by atoms with van der Waals surface area (Å²) in [4.78, 5) is 3.88. The summed E-state index contributed by atoms with van der Waals surface area (Å²) in [5.74, 6) is 0.105. The van der Waals surface area contributed by atoms with E-state index in [-0.39, 0.29) is 5.82 Å². The number of hydrogen-bond donors (Lipinski definition) is 1. The van der Waals surface area contributed by atoms with E-state index in [2.05, 4.69) is 41.3 Å². The maximum atomic E-state index is 13.1. The fourth-order valence-corrected chi connectivity index (χ4v) is 3.61. The lowest BCUT2D eigenvalue weighted by atomic mass is 10.2. The maximum absolute atomic E-state index is 13.1. The van der Waals surface area contributed by atoms with Crippen LogP contribution in [0.3, 0.4) is 0 Å². The Morgan fingerprint density at radius 2 is 1.76 bits per heavy atom. The molecule has 1 saturated heterocycles. The van der Waals surface area contributed by atoms with Gasteiger partial charge in [0.05, 0.1) is 20.3 Å². The van der Waals surface area contributed by atoms with E-state index in [1.807, 2.05) is 0 Å². The van der Waals surface area contributed by atoms with Crippen LogP contribution in [0.15, 0.2) is 52.9 Å². The standard InChI is InChI=1S/C21H23FN4O2S/c1-24(14-16-2-8-19(9-3-16)25-10-12-27-13-11-25)15-26-21(29)28-20(23-26)17-4-6-18(22)7-5-17/h2-9H,10-15H2,1H3/p+1. The fraction of sp³-hybridized carbons (Fsp3) is 0.333. The zero-order valence-electron chi connectivity index (χ0n) is 16.3. The number of morpholine rings is 1. The number of quaternary nitrogens is 1. The number of benzene rings is 2. The second-order valence-corrected chi connectivity index (χ2v) is 7.59. The second kappa shape index (κ2) is 8.86. The van der Waals surface area contributed by atoms with Crippen molar-refractivity contribution in [2.24, 2.45) is 0 Å². The normalized spacial score (nSPS) is 15.4. The van der Waals surface area contributed by atoms with Crippen molar-refractivity contribution in [3.63, 3.8) is 0 Å². The van der Waals surface area contributed by atoms with E-state index in [4.69, 9.17) is 21.4 Å². The van der Waals surface area contributed by atoms with E-state index in [0.29, 0.717) is 23.0 Å². The van der Waals surface area contributed by atoms with Gasteiger partial charge in [-0.2, -0.15) is 4.68 Å². The quantitative estimate of drug-likeness (QED) is 0.627. The van der Waals surface area contributed by atoms with Crippen LogP contribution in [0.4, 0.5) is 10.1 Å². The van der Waals surface area contributed by atoms with Crippen molar-refractivity contribution < 1.29 is 18.4 Å². The lowest BCUT2D eigenvalue weighted by Gasteiger charge is -2.29. The minimum absolute atomic E-state index is 0.296. The summed E-state index contributed by atoms with van der Waals surface area (Å²) < 4.78 is 25.8. The van der Waals surface area contributed by atoms with Gasteiger partial charge in [-0.1, -0.05) is 12.1 Å². The molecule has 1 aliphatic rings. The Bertz CT molecular complexity index is 995. The van der Waals surface area contributed by atoms with E-state index in [1.54, 1.807) is 16.8 Å². The first-order valence-electron chi connectivity index (χ1n) is 9.65. The van der Waals surface area contributed by atoms with Crippen molar-refractivity contribution in [1.82, 2.24) is 9.78 Å². The zero-order chi connectivity index (χ0) is 20.2. The fourth-order valence-electron chi connectivity index (χ4n) is 3.42. The lowest BCUT2D eigenvalue weighted by Crippen LogP contribution is -3.07. The first-order valence-corrected chi connectivity index (χ1v) is 10.1. The lowest BCUT2D eigenvalue weighted by molar-refractivity contribution is -0.917. The van der Waals surface area contributed by atoms with Crippen molar-refractivity contribution in [2.45, 2.75) is 13.2 Å². The van der Waals surface area contributed by atoms with Gasteiger partial charge in [0, 0.05) is 29.9 Å². The van der Waals surface area contributed by atoms with Gasteiger partial charge < -0.3 is 19.0 Å². The van der Waals surface area contributed by atoms with Crippen LogP contribution in [0.1, 0.15) is 5.56 Å². The van der Waals surface area contributed by atoms with Crippen LogP contribution >= 0.6 is 12.2 Å². The molecule has 8 heteroatoms. The average Bonchev–Trinajstić information content (AvgIpc) is 3.10. The summed E-state index contributed by atoms with van der Waals surface area (Å²) in [6.07, 6.45) is 0. The molecular formula is C21H24FN4O2S+. The van der Waals surface area contributed by atoms with Crippen molar-refractivity contribution in [3.05, 3.63) is 64.7 Å². The summed E-state index contributed by atoms with van der Waals surface area (Å²) in [6.45, 7) is 4.86. The topological polar surface area (TPSA) is 47.9 Å². The van der Waals surface area contributed by atoms with Gasteiger partial charge >= 0.3 is 0 Å². The first kappa shape index (κ1) is 19.8. The second-order valence-electron chi connectivity index (χ2n) is 7.24. The van der Waals surface area contributed by atoms with Gasteiger partial charge in [-0.3, -0.25) is 0 Å². The number of hydrogen-bond acceptors (Lipinski definition) is 5. The molecule has 1 N–H and O–H groups in total. The molecule has 6 nitrogen and oxygen atoms in total. The summed E-state index contributed by atoms with van der Waals surface area (Å²) >= 11 is 5.30. The molecule has 152 valence electrons. The molecule has 1 aromatic heterocycles. The highest BCUT2D eigenvalue weighted by atomic mass is 32.1. The molecule has 0 spiro atoms. The molecule has 2 heterocycles.